The molecule has 0 bridgehead atoms. The van der Waals surface area contributed by atoms with E-state index in [9.17, 15) is 19.7 Å². The van der Waals surface area contributed by atoms with Crippen molar-refractivity contribution in [2.24, 2.45) is 0 Å². The van der Waals surface area contributed by atoms with Crippen molar-refractivity contribution in [3.63, 3.8) is 0 Å². The fourth-order valence-corrected chi connectivity index (χ4v) is 3.85. The minimum atomic E-state index is -0.524. The number of hydrogen-bond donors (Lipinski definition) is 1. The summed E-state index contributed by atoms with van der Waals surface area (Å²) in [6, 6.07) is 5.35. The number of amides is 2. The minimum absolute atomic E-state index is 0.0977. The fraction of sp³-hybridized carbons (Fsp3) is 0.421. The average molecular weight is 418 g/mol. The van der Waals surface area contributed by atoms with E-state index in [0.717, 1.165) is 23.4 Å². The largest absolute Gasteiger partial charge is 0.376 e. The molecule has 10 heteroatoms. The first kappa shape index (κ1) is 20.9. The Kier molecular flexibility index (Phi) is 6.55. The Bertz CT molecular complexity index is 886. The Labute approximate surface area is 171 Å². The number of carbonyl (C=O) groups excluding carboxylic acids is 2. The van der Waals surface area contributed by atoms with Gasteiger partial charge in [-0.3, -0.25) is 19.7 Å². The first-order valence-corrected chi connectivity index (χ1v) is 10.0. The van der Waals surface area contributed by atoms with Gasteiger partial charge in [-0.25, -0.2) is 4.98 Å². The van der Waals surface area contributed by atoms with Crippen molar-refractivity contribution in [1.82, 2.24) is 9.88 Å². The van der Waals surface area contributed by atoms with E-state index in [0.29, 0.717) is 11.7 Å². The second kappa shape index (κ2) is 9.10. The highest BCUT2D eigenvalue weighted by atomic mass is 32.1. The first-order chi connectivity index (χ1) is 13.8. The molecule has 2 amide bonds. The molecule has 0 radical (unpaired) electrons. The summed E-state index contributed by atoms with van der Waals surface area (Å²) in [5.74, 6) is -0.732. The number of rotatable bonds is 7. The monoisotopic (exact) mass is 418 g/mol. The molecule has 1 saturated heterocycles. The van der Waals surface area contributed by atoms with E-state index < -0.39 is 4.92 Å². The average Bonchev–Trinajstić information content (AvgIpc) is 3.30. The van der Waals surface area contributed by atoms with Crippen LogP contribution in [0.3, 0.4) is 0 Å². The normalized spacial score (nSPS) is 15.9. The summed E-state index contributed by atoms with van der Waals surface area (Å²) < 4.78 is 5.61. The van der Waals surface area contributed by atoms with Crippen LogP contribution in [0.15, 0.2) is 24.3 Å². The maximum atomic E-state index is 13.0. The Morgan fingerprint density at radius 2 is 2.07 bits per heavy atom. The summed E-state index contributed by atoms with van der Waals surface area (Å²) in [5.41, 5.74) is 1.03. The molecule has 1 aliphatic heterocycles. The van der Waals surface area contributed by atoms with E-state index in [2.05, 4.69) is 10.3 Å². The lowest BCUT2D eigenvalue weighted by Crippen LogP contribution is -2.42. The third-order valence-corrected chi connectivity index (χ3v) is 5.66. The zero-order valence-electron chi connectivity index (χ0n) is 16.2. The van der Waals surface area contributed by atoms with Crippen LogP contribution >= 0.6 is 11.3 Å². The minimum Gasteiger partial charge on any atom is -0.376 e. The molecular formula is C19H22N4O5S. The molecule has 154 valence electrons. The van der Waals surface area contributed by atoms with Crippen LogP contribution in [0.1, 0.15) is 33.8 Å². The smallest absolute Gasteiger partial charge is 0.269 e. The van der Waals surface area contributed by atoms with Crippen LogP contribution in [0.25, 0.3) is 0 Å². The van der Waals surface area contributed by atoms with E-state index in [1.165, 1.54) is 40.5 Å². The number of aromatic nitrogens is 1. The Morgan fingerprint density at radius 1 is 1.34 bits per heavy atom. The fourth-order valence-electron chi connectivity index (χ4n) is 3.02. The molecule has 2 heterocycles. The summed E-state index contributed by atoms with van der Waals surface area (Å²) in [7, 11) is 0. The van der Waals surface area contributed by atoms with Crippen molar-refractivity contribution in [2.75, 3.05) is 25.0 Å². The van der Waals surface area contributed by atoms with Gasteiger partial charge in [-0.05, 0) is 38.8 Å². The Hall–Kier alpha value is -2.85. The van der Waals surface area contributed by atoms with Gasteiger partial charge >= 0.3 is 0 Å². The van der Waals surface area contributed by atoms with Gasteiger partial charge in [0.2, 0.25) is 5.91 Å². The molecule has 29 heavy (non-hydrogen) atoms. The van der Waals surface area contributed by atoms with Crippen molar-refractivity contribution in [1.29, 1.82) is 0 Å². The van der Waals surface area contributed by atoms with Crippen LogP contribution in [0.2, 0.25) is 0 Å². The van der Waals surface area contributed by atoms with E-state index in [1.54, 1.807) is 0 Å². The molecule has 0 spiro atoms. The van der Waals surface area contributed by atoms with Crippen LogP contribution in [0.5, 0.6) is 0 Å². The van der Waals surface area contributed by atoms with Crippen molar-refractivity contribution in [3.8, 4) is 0 Å². The summed E-state index contributed by atoms with van der Waals surface area (Å²) in [4.78, 5) is 42.5. The van der Waals surface area contributed by atoms with Crippen molar-refractivity contribution in [3.05, 3.63) is 50.5 Å². The molecule has 1 atom stereocenters. The number of nitro benzene ring substituents is 1. The molecule has 2 aromatic rings. The molecule has 3 rings (SSSR count). The topological polar surface area (TPSA) is 115 Å². The van der Waals surface area contributed by atoms with E-state index in [-0.39, 0.29) is 42.3 Å². The SMILES string of the molecule is Cc1nc(NC(=O)CN(C[C@H]2CCCO2)C(=O)c2ccc([N+](=O)[O-])cc2)sc1C. The standard InChI is InChI=1S/C19H22N4O5S/c1-12-13(2)29-19(20-12)21-17(24)11-22(10-16-4-3-9-28-16)18(25)14-5-7-15(8-6-14)23(26)27/h5-8,16H,3-4,9-11H2,1-2H3,(H,20,21,24)/t16-/m1/s1. The van der Waals surface area contributed by atoms with E-state index in [4.69, 9.17) is 4.74 Å². The second-order valence-electron chi connectivity index (χ2n) is 6.83. The van der Waals surface area contributed by atoms with E-state index in [1.807, 2.05) is 13.8 Å². The van der Waals surface area contributed by atoms with Crippen LogP contribution in [0.4, 0.5) is 10.8 Å². The van der Waals surface area contributed by atoms with Crippen LogP contribution in [-0.4, -0.2) is 52.4 Å². The number of nitrogens with zero attached hydrogens (tertiary/aromatic N) is 3. The zero-order valence-corrected chi connectivity index (χ0v) is 17.0. The maximum Gasteiger partial charge on any atom is 0.269 e. The number of benzene rings is 1. The van der Waals surface area contributed by atoms with Gasteiger partial charge in [0.25, 0.3) is 11.6 Å². The maximum absolute atomic E-state index is 13.0. The summed E-state index contributed by atoms with van der Waals surface area (Å²) in [6.07, 6.45) is 1.60. The van der Waals surface area contributed by atoms with Crippen LogP contribution < -0.4 is 5.32 Å². The molecule has 1 aromatic heterocycles. The molecule has 1 N–H and O–H groups in total. The summed E-state index contributed by atoms with van der Waals surface area (Å²) in [6.45, 7) is 4.54. The summed E-state index contributed by atoms with van der Waals surface area (Å²) >= 11 is 1.38. The zero-order chi connectivity index (χ0) is 21.0. The number of aryl methyl sites for hydroxylation is 2. The third-order valence-electron chi connectivity index (χ3n) is 4.67. The molecule has 1 aromatic carbocycles. The van der Waals surface area contributed by atoms with Crippen molar-refractivity contribution < 1.29 is 19.2 Å². The first-order valence-electron chi connectivity index (χ1n) is 9.22. The number of thiazole rings is 1. The van der Waals surface area contributed by atoms with Gasteiger partial charge in [-0.15, -0.1) is 11.3 Å². The van der Waals surface area contributed by atoms with Gasteiger partial charge in [-0.2, -0.15) is 0 Å². The molecule has 9 nitrogen and oxygen atoms in total. The highest BCUT2D eigenvalue weighted by Gasteiger charge is 2.26. The number of nitrogens with one attached hydrogen (secondary N) is 1. The van der Waals surface area contributed by atoms with Crippen LogP contribution in [0, 0.1) is 24.0 Å². The van der Waals surface area contributed by atoms with Gasteiger partial charge in [0.05, 0.1) is 16.7 Å². The predicted octanol–water partition coefficient (Wildman–Crippen LogP) is 2.93. The lowest BCUT2D eigenvalue weighted by molar-refractivity contribution is -0.384. The van der Waals surface area contributed by atoms with Gasteiger partial charge < -0.3 is 15.0 Å². The van der Waals surface area contributed by atoms with Crippen molar-refractivity contribution in [2.45, 2.75) is 32.8 Å². The Morgan fingerprint density at radius 3 is 2.62 bits per heavy atom. The third kappa shape index (κ3) is 5.36. The van der Waals surface area contributed by atoms with Gasteiger partial charge in [-0.1, -0.05) is 0 Å². The van der Waals surface area contributed by atoms with Gasteiger partial charge in [0, 0.05) is 35.7 Å². The summed E-state index contributed by atoms with van der Waals surface area (Å²) in [5, 5.41) is 14.1. The molecule has 1 aliphatic rings. The quantitative estimate of drug-likeness (QED) is 0.546. The van der Waals surface area contributed by atoms with Crippen molar-refractivity contribution >= 4 is 34.0 Å². The van der Waals surface area contributed by atoms with Gasteiger partial charge in [0.15, 0.2) is 5.13 Å². The highest BCUT2D eigenvalue weighted by Crippen LogP contribution is 2.21. The molecule has 0 saturated carbocycles. The number of hydrogen-bond acceptors (Lipinski definition) is 7. The van der Waals surface area contributed by atoms with E-state index >= 15 is 0 Å². The predicted molar refractivity (Wildman–Crippen MR) is 108 cm³/mol. The number of nitro groups is 1. The Balaban J connectivity index is 1.73. The number of anilines is 1. The molecular weight excluding hydrogens is 396 g/mol. The molecule has 0 unspecified atom stereocenters. The van der Waals surface area contributed by atoms with Crippen LogP contribution in [-0.2, 0) is 9.53 Å². The number of non-ortho nitro benzene ring substituents is 1. The lowest BCUT2D eigenvalue weighted by atomic mass is 10.1. The molecule has 1 fully saturated rings. The van der Waals surface area contributed by atoms with Gasteiger partial charge in [0.1, 0.15) is 6.54 Å². The highest BCUT2D eigenvalue weighted by molar-refractivity contribution is 7.15. The number of ether oxygens (including phenoxy) is 1. The lowest BCUT2D eigenvalue weighted by Gasteiger charge is -2.25. The number of carbonyl (C=O) groups is 2. The second-order valence-corrected chi connectivity index (χ2v) is 8.04. The molecule has 0 aliphatic carbocycles.